The zero-order valence-electron chi connectivity index (χ0n) is 12.5. The van der Waals surface area contributed by atoms with Crippen LogP contribution in [-0.4, -0.2) is 32.0 Å². The molecule has 1 rings (SSSR count). The van der Waals surface area contributed by atoms with E-state index in [0.717, 1.165) is 6.42 Å². The number of hydrogen-bond donors (Lipinski definition) is 3. The third kappa shape index (κ3) is 6.22. The maximum absolute atomic E-state index is 11.5. The summed E-state index contributed by atoms with van der Waals surface area (Å²) in [6.07, 6.45) is 0.937. The second kappa shape index (κ2) is 8.96. The molecule has 0 saturated heterocycles. The molecule has 0 radical (unpaired) electrons. The van der Waals surface area contributed by atoms with Crippen molar-refractivity contribution in [1.29, 1.82) is 0 Å². The largest absolute Gasteiger partial charge is 0.355 e. The lowest BCUT2D eigenvalue weighted by Crippen LogP contribution is -2.43. The normalized spacial score (nSPS) is 11.1. The van der Waals surface area contributed by atoms with Gasteiger partial charge in [-0.25, -0.2) is 0 Å². The first-order valence-electron chi connectivity index (χ1n) is 6.92. The molecule has 0 atom stereocenters. The van der Waals surface area contributed by atoms with Gasteiger partial charge in [0.1, 0.15) is 0 Å². The van der Waals surface area contributed by atoms with E-state index in [1.165, 1.54) is 11.1 Å². The molecule has 0 fully saturated rings. The number of nitrogens with one attached hydrogen (secondary N) is 3. The van der Waals surface area contributed by atoms with E-state index in [9.17, 15) is 4.79 Å². The fraction of sp³-hybridized carbons (Fsp3) is 0.467. The van der Waals surface area contributed by atoms with Crippen LogP contribution in [0.1, 0.15) is 24.5 Å². The van der Waals surface area contributed by atoms with E-state index in [1.807, 2.05) is 6.92 Å². The van der Waals surface area contributed by atoms with Gasteiger partial charge in [0.15, 0.2) is 5.96 Å². The number of aryl methyl sites for hydroxylation is 1. The molecule has 1 aromatic rings. The molecule has 0 aromatic heterocycles. The van der Waals surface area contributed by atoms with Gasteiger partial charge in [0.25, 0.3) is 0 Å². The van der Waals surface area contributed by atoms with Crippen LogP contribution in [0, 0.1) is 6.92 Å². The average molecular weight is 276 g/mol. The van der Waals surface area contributed by atoms with Gasteiger partial charge in [-0.2, -0.15) is 0 Å². The summed E-state index contributed by atoms with van der Waals surface area (Å²) in [5, 5.41) is 8.97. The van der Waals surface area contributed by atoms with Gasteiger partial charge in [0, 0.05) is 20.1 Å². The summed E-state index contributed by atoms with van der Waals surface area (Å²) in [4.78, 5) is 15.6. The fourth-order valence-corrected chi connectivity index (χ4v) is 1.60. The van der Waals surface area contributed by atoms with Crippen LogP contribution in [0.15, 0.2) is 29.3 Å². The molecular weight excluding hydrogens is 252 g/mol. The van der Waals surface area contributed by atoms with Crippen LogP contribution in [-0.2, 0) is 11.3 Å². The molecule has 1 amide bonds. The smallest absolute Gasteiger partial charge is 0.239 e. The van der Waals surface area contributed by atoms with E-state index in [4.69, 9.17) is 0 Å². The summed E-state index contributed by atoms with van der Waals surface area (Å²) in [5.41, 5.74) is 2.41. The van der Waals surface area contributed by atoms with Crippen LogP contribution in [0.25, 0.3) is 0 Å². The average Bonchev–Trinajstić information content (AvgIpc) is 2.47. The number of carbonyl (C=O) groups is 1. The Morgan fingerprint density at radius 1 is 1.15 bits per heavy atom. The molecule has 0 aliphatic carbocycles. The van der Waals surface area contributed by atoms with Gasteiger partial charge >= 0.3 is 0 Å². The van der Waals surface area contributed by atoms with Crippen molar-refractivity contribution in [2.75, 3.05) is 20.1 Å². The van der Waals surface area contributed by atoms with Crippen molar-refractivity contribution < 1.29 is 4.79 Å². The zero-order valence-corrected chi connectivity index (χ0v) is 12.5. The Bertz CT molecular complexity index is 440. The summed E-state index contributed by atoms with van der Waals surface area (Å²) >= 11 is 0. The number of aliphatic imine (C=N–C) groups is 1. The SMILES string of the molecule is CCCNC(=O)CNC(=NC)NCc1ccc(C)cc1. The highest BCUT2D eigenvalue weighted by Crippen LogP contribution is 2.02. The highest BCUT2D eigenvalue weighted by molar-refractivity contribution is 5.86. The maximum Gasteiger partial charge on any atom is 0.239 e. The third-order valence-electron chi connectivity index (χ3n) is 2.79. The summed E-state index contributed by atoms with van der Waals surface area (Å²) in [6.45, 7) is 5.70. The van der Waals surface area contributed by atoms with Gasteiger partial charge in [0.05, 0.1) is 6.54 Å². The predicted octanol–water partition coefficient (Wildman–Crippen LogP) is 1.19. The Labute approximate surface area is 120 Å². The maximum atomic E-state index is 11.5. The topological polar surface area (TPSA) is 65.5 Å². The molecule has 3 N–H and O–H groups in total. The van der Waals surface area contributed by atoms with E-state index in [-0.39, 0.29) is 12.5 Å². The minimum atomic E-state index is -0.0230. The lowest BCUT2D eigenvalue weighted by atomic mass is 10.1. The molecule has 1 aromatic carbocycles. The number of carbonyl (C=O) groups excluding carboxylic acids is 1. The first-order chi connectivity index (χ1) is 9.65. The number of nitrogens with zero attached hydrogens (tertiary/aromatic N) is 1. The van der Waals surface area contributed by atoms with Crippen LogP contribution in [0.3, 0.4) is 0 Å². The Balaban J connectivity index is 2.33. The van der Waals surface area contributed by atoms with E-state index >= 15 is 0 Å². The Morgan fingerprint density at radius 2 is 1.85 bits per heavy atom. The van der Waals surface area contributed by atoms with Crippen molar-refractivity contribution in [3.63, 3.8) is 0 Å². The molecule has 0 bridgehead atoms. The van der Waals surface area contributed by atoms with Crippen molar-refractivity contribution in [2.24, 2.45) is 4.99 Å². The minimum absolute atomic E-state index is 0.0230. The molecular formula is C15H24N4O. The fourth-order valence-electron chi connectivity index (χ4n) is 1.60. The van der Waals surface area contributed by atoms with Gasteiger partial charge in [-0.3, -0.25) is 9.79 Å². The number of amides is 1. The van der Waals surface area contributed by atoms with Gasteiger partial charge in [-0.05, 0) is 18.9 Å². The van der Waals surface area contributed by atoms with Crippen LogP contribution in [0.5, 0.6) is 0 Å². The molecule has 0 heterocycles. The second-order valence-corrected chi connectivity index (χ2v) is 4.61. The highest BCUT2D eigenvalue weighted by Gasteiger charge is 2.02. The first-order valence-corrected chi connectivity index (χ1v) is 6.92. The minimum Gasteiger partial charge on any atom is -0.355 e. The van der Waals surface area contributed by atoms with E-state index in [1.54, 1.807) is 7.05 Å². The molecule has 0 spiro atoms. The van der Waals surface area contributed by atoms with Gasteiger partial charge in [-0.15, -0.1) is 0 Å². The van der Waals surface area contributed by atoms with Crippen molar-refractivity contribution in [3.8, 4) is 0 Å². The molecule has 0 aliphatic rings. The number of benzene rings is 1. The van der Waals surface area contributed by atoms with E-state index < -0.39 is 0 Å². The van der Waals surface area contributed by atoms with Gasteiger partial charge in [-0.1, -0.05) is 36.8 Å². The zero-order chi connectivity index (χ0) is 14.8. The quantitative estimate of drug-likeness (QED) is 0.540. The van der Waals surface area contributed by atoms with Crippen molar-refractivity contribution in [1.82, 2.24) is 16.0 Å². The monoisotopic (exact) mass is 276 g/mol. The highest BCUT2D eigenvalue weighted by atomic mass is 16.1. The summed E-state index contributed by atoms with van der Waals surface area (Å²) in [7, 11) is 1.69. The van der Waals surface area contributed by atoms with Gasteiger partial charge in [0.2, 0.25) is 5.91 Å². The lowest BCUT2D eigenvalue weighted by molar-refractivity contribution is -0.120. The molecule has 5 nitrogen and oxygen atoms in total. The number of hydrogen-bond acceptors (Lipinski definition) is 2. The summed E-state index contributed by atoms with van der Waals surface area (Å²) < 4.78 is 0. The van der Waals surface area contributed by atoms with Crippen molar-refractivity contribution in [2.45, 2.75) is 26.8 Å². The summed E-state index contributed by atoms with van der Waals surface area (Å²) in [5.74, 6) is 0.599. The van der Waals surface area contributed by atoms with Gasteiger partial charge < -0.3 is 16.0 Å². The van der Waals surface area contributed by atoms with Crippen LogP contribution in [0.2, 0.25) is 0 Å². The molecule has 0 aliphatic heterocycles. The van der Waals surface area contributed by atoms with Crippen molar-refractivity contribution >= 4 is 11.9 Å². The number of rotatable bonds is 6. The Morgan fingerprint density at radius 3 is 2.45 bits per heavy atom. The Kier molecular flexibility index (Phi) is 7.17. The molecule has 0 saturated carbocycles. The van der Waals surface area contributed by atoms with Crippen LogP contribution >= 0.6 is 0 Å². The molecule has 0 unspecified atom stereocenters. The molecule has 110 valence electrons. The van der Waals surface area contributed by atoms with E-state index in [0.29, 0.717) is 19.0 Å². The van der Waals surface area contributed by atoms with Crippen LogP contribution in [0.4, 0.5) is 0 Å². The number of guanidine groups is 1. The Hall–Kier alpha value is -2.04. The predicted molar refractivity (Wildman–Crippen MR) is 82.7 cm³/mol. The van der Waals surface area contributed by atoms with E-state index in [2.05, 4.69) is 52.1 Å². The molecule has 20 heavy (non-hydrogen) atoms. The van der Waals surface area contributed by atoms with Crippen LogP contribution < -0.4 is 16.0 Å². The second-order valence-electron chi connectivity index (χ2n) is 4.61. The lowest BCUT2D eigenvalue weighted by Gasteiger charge is -2.12. The summed E-state index contributed by atoms with van der Waals surface area (Å²) in [6, 6.07) is 8.30. The standard InChI is InChI=1S/C15H24N4O/c1-4-9-17-14(20)11-19-15(16-3)18-10-13-7-5-12(2)6-8-13/h5-8H,4,9-11H2,1-3H3,(H,17,20)(H2,16,18,19). The molecule has 5 heteroatoms. The first kappa shape index (κ1) is 16.0. The third-order valence-corrected chi connectivity index (χ3v) is 2.79. The van der Waals surface area contributed by atoms with Crippen molar-refractivity contribution in [3.05, 3.63) is 35.4 Å².